The second-order valence-electron chi connectivity index (χ2n) is 15.4. The molecule has 11 nitrogen and oxygen atoms in total. The number of nitrogens with one attached hydrogen (secondary N) is 2. The van der Waals surface area contributed by atoms with Crippen LogP contribution < -0.4 is 10.6 Å². The minimum atomic E-state index is -1.66. The molecule has 0 aromatic carbocycles. The van der Waals surface area contributed by atoms with Gasteiger partial charge in [0.2, 0.25) is 0 Å². The maximum Gasteiger partial charge on any atom is 0.297 e. The normalized spacial score (nSPS) is 17.1. The van der Waals surface area contributed by atoms with Crippen LogP contribution in [0.5, 0.6) is 0 Å². The number of unbranched alkanes of at least 4 members (excludes halogenated alkanes) is 14. The largest absolute Gasteiger partial charge is 0.390 e. The Balaban J connectivity index is 2.85. The zero-order chi connectivity index (χ0) is 49.6. The maximum absolute atomic E-state index is 12.9. The van der Waals surface area contributed by atoms with Gasteiger partial charge in [0.15, 0.2) is 6.29 Å². The summed E-state index contributed by atoms with van der Waals surface area (Å²) in [6, 6.07) is -1.21. The summed E-state index contributed by atoms with van der Waals surface area (Å²) in [5, 5.41) is 59.8. The van der Waals surface area contributed by atoms with Gasteiger partial charge in [0.05, 0.1) is 25.4 Å². The summed E-state index contributed by atoms with van der Waals surface area (Å²) in [5.74, 6) is 58.9. The molecule has 8 atom stereocenters. The van der Waals surface area contributed by atoms with E-state index in [9.17, 15) is 30.3 Å². The lowest BCUT2D eigenvalue weighted by Gasteiger charge is -2.40. The minimum absolute atomic E-state index is 0.0600. The molecule has 1 amide bonds. The second kappa shape index (κ2) is 43.4. The molecule has 0 saturated carbocycles. The zero-order valence-electron chi connectivity index (χ0n) is 39.8. The number of aliphatic hydroxyl groups excluding tert-OH is 5. The fourth-order valence-corrected chi connectivity index (χ4v) is 6.29. The number of ether oxygens (including phenoxy) is 3. The van der Waals surface area contributed by atoms with E-state index in [1.54, 1.807) is 6.92 Å². The lowest BCUT2D eigenvalue weighted by atomic mass is 9.98. The molecule has 1 rings (SSSR count). The zero-order valence-corrected chi connectivity index (χ0v) is 39.8. The van der Waals surface area contributed by atoms with E-state index in [1.807, 2.05) is 7.05 Å². The molecule has 5 unspecified atom stereocenters. The first kappa shape index (κ1) is 59.8. The number of hydrogen-bond acceptors (Lipinski definition) is 10. The highest BCUT2D eigenvalue weighted by Gasteiger charge is 2.45. The van der Waals surface area contributed by atoms with Crippen molar-refractivity contribution in [3.8, 4) is 142 Å². The van der Waals surface area contributed by atoms with Gasteiger partial charge in [-0.05, 0) is 135 Å². The molecule has 0 aromatic heterocycles. The van der Waals surface area contributed by atoms with Gasteiger partial charge in [-0.25, -0.2) is 0 Å². The van der Waals surface area contributed by atoms with Crippen molar-refractivity contribution in [3.05, 3.63) is 0 Å². The molecule has 11 heteroatoms. The van der Waals surface area contributed by atoms with Gasteiger partial charge in [0.1, 0.15) is 30.5 Å². The van der Waals surface area contributed by atoms with Gasteiger partial charge < -0.3 is 50.4 Å². The van der Waals surface area contributed by atoms with Crippen molar-refractivity contribution in [1.82, 2.24) is 10.6 Å². The summed E-state index contributed by atoms with van der Waals surface area (Å²) in [5.41, 5.74) is 0. The van der Waals surface area contributed by atoms with Crippen LogP contribution in [0.3, 0.4) is 0 Å². The van der Waals surface area contributed by atoms with E-state index in [1.165, 1.54) is 51.4 Å². The van der Waals surface area contributed by atoms with E-state index >= 15 is 0 Å². The predicted octanol–water partition coefficient (Wildman–Crippen LogP) is 2.97. The van der Waals surface area contributed by atoms with Gasteiger partial charge in [0.25, 0.3) is 5.91 Å². The molecule has 0 spiro atoms. The van der Waals surface area contributed by atoms with Crippen LogP contribution in [0.25, 0.3) is 0 Å². The van der Waals surface area contributed by atoms with Crippen LogP contribution in [-0.4, -0.2) is 114 Å². The van der Waals surface area contributed by atoms with Crippen LogP contribution in [0.2, 0.25) is 0 Å². The molecule has 68 heavy (non-hydrogen) atoms. The summed E-state index contributed by atoms with van der Waals surface area (Å²) in [6.45, 7) is 4.76. The van der Waals surface area contributed by atoms with E-state index in [-0.39, 0.29) is 13.0 Å². The smallest absolute Gasteiger partial charge is 0.297 e. The quantitative estimate of drug-likeness (QED) is 0.0458. The molecule has 1 aliphatic heterocycles. The van der Waals surface area contributed by atoms with Gasteiger partial charge in [-0.1, -0.05) is 103 Å². The first-order chi connectivity index (χ1) is 33.3. The maximum atomic E-state index is 12.9. The van der Waals surface area contributed by atoms with Crippen LogP contribution in [-0.2, 0) is 19.0 Å². The molecular weight excluding hydrogens is 857 g/mol. The summed E-state index contributed by atoms with van der Waals surface area (Å²) in [4.78, 5) is 12.9. The number of carbonyl (C=O) groups is 1. The monoisotopic (exact) mass is 922 g/mol. The van der Waals surface area contributed by atoms with Crippen LogP contribution >= 0.6 is 0 Å². The second-order valence-corrected chi connectivity index (χ2v) is 15.4. The molecule has 0 radical (unpaired) electrons. The van der Waals surface area contributed by atoms with Gasteiger partial charge >= 0.3 is 0 Å². The molecule has 1 fully saturated rings. The molecule has 1 heterocycles. The van der Waals surface area contributed by atoms with Gasteiger partial charge in [-0.3, -0.25) is 4.79 Å². The highest BCUT2D eigenvalue weighted by atomic mass is 16.7. The molecule has 0 aliphatic carbocycles. The van der Waals surface area contributed by atoms with Crippen LogP contribution in [0, 0.1) is 142 Å². The molecule has 7 N–H and O–H groups in total. The minimum Gasteiger partial charge on any atom is -0.390 e. The third-order valence-electron chi connectivity index (χ3n) is 9.95. The number of hydrogen-bond donors (Lipinski definition) is 7. The van der Waals surface area contributed by atoms with E-state index in [0.717, 1.165) is 51.5 Å². The predicted molar refractivity (Wildman–Crippen MR) is 264 cm³/mol. The Hall–Kier alpha value is -6.17. The van der Waals surface area contributed by atoms with Crippen LogP contribution in [0.1, 0.15) is 123 Å². The molecule has 1 aliphatic rings. The molecule has 0 bridgehead atoms. The lowest BCUT2D eigenvalue weighted by Crippen LogP contribution is -2.60. The topological polar surface area (TPSA) is 170 Å². The highest BCUT2D eigenvalue weighted by Crippen LogP contribution is 2.23. The van der Waals surface area contributed by atoms with Crippen LogP contribution in [0.15, 0.2) is 0 Å². The third kappa shape index (κ3) is 32.5. The van der Waals surface area contributed by atoms with Crippen molar-refractivity contribution in [3.63, 3.8) is 0 Å². The van der Waals surface area contributed by atoms with Crippen molar-refractivity contribution in [2.45, 2.75) is 172 Å². The fraction of sp³-hybridized carbons (Fsp3) is 0.561. The average molecular weight is 923 g/mol. The van der Waals surface area contributed by atoms with E-state index in [2.05, 4.69) is 160 Å². The average Bonchev–Trinajstić information content (AvgIpc) is 3.34. The number of amides is 1. The first-order valence-electron chi connectivity index (χ1n) is 23.4. The van der Waals surface area contributed by atoms with Crippen molar-refractivity contribution >= 4 is 5.91 Å². The SMILES string of the molecule is CC#CC#CC#CC#CC#CC#CC#CC#CC#CC#CC#CC#CC(=O)N[C@@H](COC1OC(COCCCCCCNC)C(O)C(O)C1O)[C@H](O)[C@H](O)CCCCCCCCCCCCCC. The number of aliphatic hydroxyl groups is 5. The van der Waals surface area contributed by atoms with Crippen molar-refractivity contribution < 1.29 is 44.5 Å². The summed E-state index contributed by atoms with van der Waals surface area (Å²) in [7, 11) is 1.91. The molecule has 358 valence electrons. The summed E-state index contributed by atoms with van der Waals surface area (Å²) < 4.78 is 17.3. The Morgan fingerprint density at radius 3 is 1.50 bits per heavy atom. The van der Waals surface area contributed by atoms with Crippen LogP contribution in [0.4, 0.5) is 0 Å². The van der Waals surface area contributed by atoms with Crippen molar-refractivity contribution in [2.24, 2.45) is 0 Å². The lowest BCUT2D eigenvalue weighted by molar-refractivity contribution is -0.304. The number of carbonyl (C=O) groups excluding carboxylic acids is 1. The third-order valence-corrected chi connectivity index (χ3v) is 9.95. The standard InChI is InChI=1S/C57H66N2O9/c1-4-6-8-10-12-14-16-18-19-20-21-22-23-24-25-26-27-28-30-32-34-36-40-44-52(61)59-49(53(62)50(60)43-39-35-33-31-29-17-15-13-11-9-7-5-2)47-67-57-56(65)55(64)54(63)51(68-57)48-66-46-42-38-37-41-45-58-3/h49-51,53-58,60,62-65H,5,7,9,11,13,15,17,29,31,33,35,37-39,41-43,45-48H2,1-3H3,(H,59,61)/t49-,50+,51?,53-,54?,55?,56?,57?/m0/s1. The molecule has 0 aromatic rings. The first-order valence-corrected chi connectivity index (χ1v) is 23.4. The Labute approximate surface area is 407 Å². The Morgan fingerprint density at radius 2 is 1.01 bits per heavy atom. The molecule has 1 saturated heterocycles. The van der Waals surface area contributed by atoms with Crippen molar-refractivity contribution in [1.29, 1.82) is 0 Å². The van der Waals surface area contributed by atoms with Gasteiger partial charge in [0, 0.05) is 48.0 Å². The summed E-state index contributed by atoms with van der Waals surface area (Å²) in [6.07, 6.45) is 8.01. The van der Waals surface area contributed by atoms with E-state index < -0.39 is 61.5 Å². The van der Waals surface area contributed by atoms with Gasteiger partial charge in [-0.2, -0.15) is 0 Å². The summed E-state index contributed by atoms with van der Waals surface area (Å²) >= 11 is 0. The Morgan fingerprint density at radius 1 is 0.574 bits per heavy atom. The van der Waals surface area contributed by atoms with E-state index in [0.29, 0.717) is 13.0 Å². The highest BCUT2D eigenvalue weighted by molar-refractivity contribution is 5.94. The Bertz CT molecular complexity index is 2290. The molecular formula is C57H66N2O9. The van der Waals surface area contributed by atoms with Gasteiger partial charge in [-0.15, -0.1) is 0 Å². The Kier molecular flexibility index (Phi) is 38.2. The van der Waals surface area contributed by atoms with E-state index in [4.69, 9.17) is 14.2 Å². The number of rotatable bonds is 28. The van der Waals surface area contributed by atoms with Crippen molar-refractivity contribution in [2.75, 3.05) is 33.4 Å². The fourth-order valence-electron chi connectivity index (χ4n) is 6.29.